The topological polar surface area (TPSA) is 51.0 Å². The molecule has 5 nitrogen and oxygen atoms in total. The molecule has 1 aliphatic rings. The molecule has 1 aliphatic carbocycles. The van der Waals surface area contributed by atoms with E-state index in [2.05, 4.69) is 23.9 Å². The lowest BCUT2D eigenvalue weighted by atomic mass is 10.0. The Morgan fingerprint density at radius 1 is 1.11 bits per heavy atom. The summed E-state index contributed by atoms with van der Waals surface area (Å²) >= 11 is 0. The van der Waals surface area contributed by atoms with Crippen molar-refractivity contribution >= 4 is 5.91 Å². The quantitative estimate of drug-likeness (QED) is 0.643. The monoisotopic (exact) mass is 374 g/mol. The summed E-state index contributed by atoms with van der Waals surface area (Å²) < 4.78 is 2.02. The van der Waals surface area contributed by atoms with Crippen LogP contribution in [0, 0.1) is 13.8 Å². The molecule has 3 aromatic rings. The van der Waals surface area contributed by atoms with Gasteiger partial charge in [-0.05, 0) is 69.0 Å². The highest BCUT2D eigenvalue weighted by Gasteiger charge is 2.33. The zero-order valence-corrected chi connectivity index (χ0v) is 16.7. The standard InChI is InChI=1S/C23H26N4O/c1-4-27-17(3)22(16(2)25-27)19-5-7-20(8-6-19)23(28)26(21-9-10-21)15-18-11-13-24-14-12-18/h5-8,11-14,21H,4,9-10,15H2,1-3H3. The van der Waals surface area contributed by atoms with Gasteiger partial charge >= 0.3 is 0 Å². The third-order valence-electron chi connectivity index (χ3n) is 5.45. The van der Waals surface area contributed by atoms with Crippen LogP contribution in [0.25, 0.3) is 11.1 Å². The van der Waals surface area contributed by atoms with Gasteiger partial charge in [0.1, 0.15) is 0 Å². The zero-order chi connectivity index (χ0) is 19.7. The largest absolute Gasteiger partial charge is 0.331 e. The van der Waals surface area contributed by atoms with Crippen LogP contribution in [0.15, 0.2) is 48.8 Å². The van der Waals surface area contributed by atoms with Crippen molar-refractivity contribution in [3.05, 3.63) is 71.3 Å². The first-order valence-electron chi connectivity index (χ1n) is 9.92. The summed E-state index contributed by atoms with van der Waals surface area (Å²) in [6.07, 6.45) is 5.73. The predicted octanol–water partition coefficient (Wildman–Crippen LogP) is 4.39. The van der Waals surface area contributed by atoms with Crippen molar-refractivity contribution in [3.8, 4) is 11.1 Å². The van der Waals surface area contributed by atoms with Crippen molar-refractivity contribution < 1.29 is 4.79 Å². The van der Waals surface area contributed by atoms with Crippen LogP contribution in [0.5, 0.6) is 0 Å². The summed E-state index contributed by atoms with van der Waals surface area (Å²) in [5, 5.41) is 4.61. The minimum absolute atomic E-state index is 0.101. The highest BCUT2D eigenvalue weighted by atomic mass is 16.2. The average Bonchev–Trinajstić information content (AvgIpc) is 3.52. The van der Waals surface area contributed by atoms with E-state index in [4.69, 9.17) is 0 Å². The SMILES string of the molecule is CCn1nc(C)c(-c2ccc(C(=O)N(Cc3ccncc3)C3CC3)cc2)c1C. The van der Waals surface area contributed by atoms with Crippen LogP contribution < -0.4 is 0 Å². The smallest absolute Gasteiger partial charge is 0.254 e. The molecular formula is C23H26N4O. The van der Waals surface area contributed by atoms with Crippen molar-refractivity contribution in [3.63, 3.8) is 0 Å². The van der Waals surface area contributed by atoms with E-state index in [1.807, 2.05) is 52.9 Å². The summed E-state index contributed by atoms with van der Waals surface area (Å²) in [6, 6.07) is 12.3. The van der Waals surface area contributed by atoms with E-state index in [9.17, 15) is 4.79 Å². The summed E-state index contributed by atoms with van der Waals surface area (Å²) in [5.41, 5.74) is 6.31. The first-order valence-corrected chi connectivity index (χ1v) is 9.92. The van der Waals surface area contributed by atoms with E-state index in [1.54, 1.807) is 12.4 Å². The van der Waals surface area contributed by atoms with Crippen molar-refractivity contribution in [1.82, 2.24) is 19.7 Å². The van der Waals surface area contributed by atoms with E-state index in [1.165, 1.54) is 0 Å². The normalized spacial score (nSPS) is 13.5. The molecule has 0 unspecified atom stereocenters. The van der Waals surface area contributed by atoms with Crippen LogP contribution >= 0.6 is 0 Å². The van der Waals surface area contributed by atoms with Crippen LogP contribution in [-0.4, -0.2) is 31.6 Å². The number of carbonyl (C=O) groups is 1. The van der Waals surface area contributed by atoms with Gasteiger partial charge in [-0.15, -0.1) is 0 Å². The van der Waals surface area contributed by atoms with Gasteiger partial charge in [0.2, 0.25) is 0 Å². The molecule has 0 radical (unpaired) electrons. The molecule has 2 aromatic heterocycles. The Morgan fingerprint density at radius 2 is 1.79 bits per heavy atom. The number of hydrogen-bond donors (Lipinski definition) is 0. The fraction of sp³-hybridized carbons (Fsp3) is 0.348. The number of rotatable bonds is 6. The van der Waals surface area contributed by atoms with E-state index >= 15 is 0 Å². The Hall–Kier alpha value is -2.95. The molecule has 0 bridgehead atoms. The number of amides is 1. The number of benzene rings is 1. The Morgan fingerprint density at radius 3 is 2.36 bits per heavy atom. The molecule has 144 valence electrons. The van der Waals surface area contributed by atoms with Gasteiger partial charge in [0, 0.05) is 48.3 Å². The zero-order valence-electron chi connectivity index (χ0n) is 16.7. The first kappa shape index (κ1) is 18.4. The maximum atomic E-state index is 13.2. The van der Waals surface area contributed by atoms with E-state index in [-0.39, 0.29) is 5.91 Å². The Bertz CT molecular complexity index is 972. The summed E-state index contributed by atoms with van der Waals surface area (Å²) in [5.74, 6) is 0.101. The molecule has 1 amide bonds. The van der Waals surface area contributed by atoms with Crippen LogP contribution in [0.1, 0.15) is 47.1 Å². The molecule has 1 fully saturated rings. The fourth-order valence-electron chi connectivity index (χ4n) is 3.81. The van der Waals surface area contributed by atoms with E-state index in [0.29, 0.717) is 12.6 Å². The second-order valence-electron chi connectivity index (χ2n) is 7.46. The Balaban J connectivity index is 1.57. The molecule has 1 saturated carbocycles. The van der Waals surface area contributed by atoms with Gasteiger partial charge in [0.15, 0.2) is 0 Å². The Labute approximate surface area is 166 Å². The van der Waals surface area contributed by atoms with E-state index < -0.39 is 0 Å². The number of aromatic nitrogens is 3. The molecule has 28 heavy (non-hydrogen) atoms. The number of aryl methyl sites for hydroxylation is 2. The van der Waals surface area contributed by atoms with Crippen LogP contribution in [0.3, 0.4) is 0 Å². The number of carbonyl (C=O) groups excluding carboxylic acids is 1. The lowest BCUT2D eigenvalue weighted by Crippen LogP contribution is -2.32. The second-order valence-corrected chi connectivity index (χ2v) is 7.46. The lowest BCUT2D eigenvalue weighted by Gasteiger charge is -2.22. The van der Waals surface area contributed by atoms with Crippen molar-refractivity contribution in [2.75, 3.05) is 0 Å². The number of nitrogens with zero attached hydrogens (tertiary/aromatic N) is 4. The third-order valence-corrected chi connectivity index (χ3v) is 5.45. The van der Waals surface area contributed by atoms with Crippen molar-refractivity contribution in [1.29, 1.82) is 0 Å². The molecular weight excluding hydrogens is 348 g/mol. The average molecular weight is 374 g/mol. The summed E-state index contributed by atoms with van der Waals surface area (Å²) in [7, 11) is 0. The van der Waals surface area contributed by atoms with Crippen molar-refractivity contribution in [2.24, 2.45) is 0 Å². The minimum atomic E-state index is 0.101. The third kappa shape index (κ3) is 3.57. The molecule has 2 heterocycles. The fourth-order valence-corrected chi connectivity index (χ4v) is 3.81. The highest BCUT2D eigenvalue weighted by Crippen LogP contribution is 2.31. The molecule has 1 aromatic carbocycles. The lowest BCUT2D eigenvalue weighted by molar-refractivity contribution is 0.0730. The van der Waals surface area contributed by atoms with Crippen LogP contribution in [-0.2, 0) is 13.1 Å². The minimum Gasteiger partial charge on any atom is -0.331 e. The second kappa shape index (κ2) is 7.58. The van der Waals surface area contributed by atoms with Gasteiger partial charge in [0.25, 0.3) is 5.91 Å². The molecule has 0 aliphatic heterocycles. The van der Waals surface area contributed by atoms with Gasteiger partial charge in [-0.3, -0.25) is 14.5 Å². The summed E-state index contributed by atoms with van der Waals surface area (Å²) in [6.45, 7) is 7.72. The molecule has 0 spiro atoms. The summed E-state index contributed by atoms with van der Waals surface area (Å²) in [4.78, 5) is 19.2. The molecule has 0 atom stereocenters. The first-order chi connectivity index (χ1) is 13.6. The predicted molar refractivity (Wildman–Crippen MR) is 110 cm³/mol. The molecule has 5 heteroatoms. The Kier molecular flexibility index (Phi) is 4.99. The van der Waals surface area contributed by atoms with Gasteiger partial charge in [-0.2, -0.15) is 5.10 Å². The number of hydrogen-bond acceptors (Lipinski definition) is 3. The highest BCUT2D eigenvalue weighted by molar-refractivity contribution is 5.95. The van der Waals surface area contributed by atoms with E-state index in [0.717, 1.165) is 53.0 Å². The van der Waals surface area contributed by atoms with Gasteiger partial charge in [-0.25, -0.2) is 0 Å². The van der Waals surface area contributed by atoms with Crippen LogP contribution in [0.2, 0.25) is 0 Å². The van der Waals surface area contributed by atoms with Gasteiger partial charge in [0.05, 0.1) is 5.69 Å². The molecule has 0 N–H and O–H groups in total. The molecule has 4 rings (SSSR count). The van der Waals surface area contributed by atoms with Crippen molar-refractivity contribution in [2.45, 2.75) is 52.7 Å². The molecule has 0 saturated heterocycles. The van der Waals surface area contributed by atoms with Gasteiger partial charge < -0.3 is 4.90 Å². The maximum Gasteiger partial charge on any atom is 0.254 e. The van der Waals surface area contributed by atoms with Crippen LogP contribution in [0.4, 0.5) is 0 Å². The maximum absolute atomic E-state index is 13.2. The van der Waals surface area contributed by atoms with Gasteiger partial charge in [-0.1, -0.05) is 12.1 Å². The number of pyridine rings is 1.